The molecule has 2 aromatic carbocycles. The number of halogens is 1. The zero-order chi connectivity index (χ0) is 14.7. The summed E-state index contributed by atoms with van der Waals surface area (Å²) < 4.78 is 6.05. The van der Waals surface area contributed by atoms with Crippen molar-refractivity contribution in [2.45, 2.75) is 0 Å². The van der Waals surface area contributed by atoms with E-state index in [0.29, 0.717) is 0 Å². The third kappa shape index (κ3) is 3.26. The average Bonchev–Trinajstić information content (AvgIpc) is 2.64. The number of benzene rings is 2. The molecular formula is C17H16ClNOS. The van der Waals surface area contributed by atoms with Gasteiger partial charge in [0.05, 0.1) is 0 Å². The molecule has 21 heavy (non-hydrogen) atoms. The minimum atomic E-state index is 0.725. The SMILES string of the molecule is CNCCSC1=Cc2ccccc2Oc2ccc(Cl)cc21. The van der Waals surface area contributed by atoms with E-state index in [1.54, 1.807) is 0 Å². The summed E-state index contributed by atoms with van der Waals surface area (Å²) in [5, 5.41) is 3.90. The van der Waals surface area contributed by atoms with Gasteiger partial charge in [-0.2, -0.15) is 0 Å². The Hall–Kier alpha value is -1.42. The first-order chi connectivity index (χ1) is 10.3. The Balaban J connectivity index is 2.05. The highest BCUT2D eigenvalue weighted by molar-refractivity contribution is 8.08. The van der Waals surface area contributed by atoms with Gasteiger partial charge in [0.15, 0.2) is 0 Å². The maximum Gasteiger partial charge on any atom is 0.135 e. The molecule has 0 aliphatic carbocycles. The maximum atomic E-state index is 6.16. The lowest BCUT2D eigenvalue weighted by molar-refractivity contribution is 0.481. The van der Waals surface area contributed by atoms with Crippen molar-refractivity contribution in [1.82, 2.24) is 5.32 Å². The summed E-state index contributed by atoms with van der Waals surface area (Å²) in [4.78, 5) is 1.19. The van der Waals surface area contributed by atoms with Gasteiger partial charge in [0.2, 0.25) is 0 Å². The van der Waals surface area contributed by atoms with Crippen LogP contribution in [0.5, 0.6) is 11.5 Å². The smallest absolute Gasteiger partial charge is 0.135 e. The van der Waals surface area contributed by atoms with Crippen LogP contribution in [0.3, 0.4) is 0 Å². The molecule has 0 spiro atoms. The van der Waals surface area contributed by atoms with Crippen molar-refractivity contribution in [2.24, 2.45) is 0 Å². The summed E-state index contributed by atoms with van der Waals surface area (Å²) >= 11 is 7.97. The number of thioether (sulfide) groups is 1. The molecule has 0 unspecified atom stereocenters. The highest BCUT2D eigenvalue weighted by Gasteiger charge is 2.17. The van der Waals surface area contributed by atoms with Crippen molar-refractivity contribution in [3.8, 4) is 11.5 Å². The van der Waals surface area contributed by atoms with Gasteiger partial charge in [-0.05, 0) is 37.4 Å². The third-order valence-corrected chi connectivity index (χ3v) is 4.53. The summed E-state index contributed by atoms with van der Waals surface area (Å²) in [5.41, 5.74) is 2.15. The van der Waals surface area contributed by atoms with E-state index in [0.717, 1.165) is 39.9 Å². The van der Waals surface area contributed by atoms with E-state index in [-0.39, 0.29) is 0 Å². The van der Waals surface area contributed by atoms with Crippen molar-refractivity contribution in [3.63, 3.8) is 0 Å². The van der Waals surface area contributed by atoms with Gasteiger partial charge in [0.25, 0.3) is 0 Å². The molecule has 0 atom stereocenters. The molecule has 0 bridgehead atoms. The minimum absolute atomic E-state index is 0.725. The van der Waals surface area contributed by atoms with Crippen LogP contribution in [0.25, 0.3) is 11.0 Å². The van der Waals surface area contributed by atoms with Crippen LogP contribution in [0.1, 0.15) is 11.1 Å². The van der Waals surface area contributed by atoms with Crippen LogP contribution in [-0.2, 0) is 0 Å². The zero-order valence-corrected chi connectivity index (χ0v) is 13.3. The van der Waals surface area contributed by atoms with E-state index in [2.05, 4.69) is 17.5 Å². The lowest BCUT2D eigenvalue weighted by Gasteiger charge is -2.11. The summed E-state index contributed by atoms with van der Waals surface area (Å²) in [6.07, 6.45) is 2.18. The Morgan fingerprint density at radius 1 is 1.14 bits per heavy atom. The molecule has 0 amide bonds. The van der Waals surface area contributed by atoms with Crippen LogP contribution in [0.15, 0.2) is 42.5 Å². The Morgan fingerprint density at radius 2 is 2.00 bits per heavy atom. The number of ether oxygens (including phenoxy) is 1. The van der Waals surface area contributed by atoms with E-state index in [1.807, 2.05) is 55.2 Å². The zero-order valence-electron chi connectivity index (χ0n) is 11.7. The van der Waals surface area contributed by atoms with Gasteiger partial charge in [-0.1, -0.05) is 29.8 Å². The monoisotopic (exact) mass is 317 g/mol. The van der Waals surface area contributed by atoms with Gasteiger partial charge in [-0.3, -0.25) is 0 Å². The van der Waals surface area contributed by atoms with Gasteiger partial charge in [0.1, 0.15) is 11.5 Å². The molecule has 0 radical (unpaired) electrons. The Bertz CT molecular complexity index is 684. The highest BCUT2D eigenvalue weighted by atomic mass is 35.5. The standard InChI is InChI=1S/C17H16ClNOS/c1-19-8-9-21-17-10-12-4-2-3-5-15(12)20-16-7-6-13(18)11-14(16)17/h2-7,10-11,19H,8-9H2,1H3. The van der Waals surface area contributed by atoms with Gasteiger partial charge in [-0.25, -0.2) is 0 Å². The molecule has 0 saturated heterocycles. The second kappa shape index (κ2) is 6.56. The van der Waals surface area contributed by atoms with Crippen LogP contribution in [-0.4, -0.2) is 19.3 Å². The van der Waals surface area contributed by atoms with E-state index in [1.165, 1.54) is 4.91 Å². The third-order valence-electron chi connectivity index (χ3n) is 3.24. The van der Waals surface area contributed by atoms with Crippen LogP contribution in [0.4, 0.5) is 0 Å². The summed E-state index contributed by atoms with van der Waals surface area (Å²) in [6.45, 7) is 0.959. The van der Waals surface area contributed by atoms with Gasteiger partial charge >= 0.3 is 0 Å². The summed E-state index contributed by atoms with van der Waals surface area (Å²) in [7, 11) is 1.96. The van der Waals surface area contributed by atoms with Crippen molar-refractivity contribution < 1.29 is 4.74 Å². The van der Waals surface area contributed by atoms with Crippen LogP contribution in [0, 0.1) is 0 Å². The number of para-hydroxylation sites is 1. The van der Waals surface area contributed by atoms with Gasteiger partial charge < -0.3 is 10.1 Å². The summed E-state index contributed by atoms with van der Waals surface area (Å²) in [5.74, 6) is 2.73. The number of fused-ring (bicyclic) bond motifs is 2. The quantitative estimate of drug-likeness (QED) is 0.811. The number of nitrogens with one attached hydrogen (secondary N) is 1. The Morgan fingerprint density at radius 3 is 2.86 bits per heavy atom. The van der Waals surface area contributed by atoms with E-state index >= 15 is 0 Å². The van der Waals surface area contributed by atoms with E-state index < -0.39 is 0 Å². The second-order valence-corrected chi connectivity index (χ2v) is 6.31. The Kier molecular flexibility index (Phi) is 4.54. The molecule has 2 aromatic rings. The van der Waals surface area contributed by atoms with Crippen molar-refractivity contribution in [3.05, 3.63) is 58.6 Å². The van der Waals surface area contributed by atoms with Gasteiger partial charge in [-0.15, -0.1) is 11.8 Å². The van der Waals surface area contributed by atoms with Crippen LogP contribution < -0.4 is 10.1 Å². The largest absolute Gasteiger partial charge is 0.456 e. The lowest BCUT2D eigenvalue weighted by Crippen LogP contribution is -2.09. The molecular weight excluding hydrogens is 302 g/mol. The van der Waals surface area contributed by atoms with Crippen molar-refractivity contribution in [1.29, 1.82) is 0 Å². The number of hydrogen-bond donors (Lipinski definition) is 1. The number of rotatable bonds is 4. The first kappa shape index (κ1) is 14.5. The first-order valence-corrected chi connectivity index (χ1v) is 8.20. The van der Waals surface area contributed by atoms with E-state index in [4.69, 9.17) is 16.3 Å². The lowest BCUT2D eigenvalue weighted by atomic mass is 10.1. The maximum absolute atomic E-state index is 6.16. The molecule has 4 heteroatoms. The highest BCUT2D eigenvalue weighted by Crippen LogP contribution is 2.43. The average molecular weight is 318 g/mol. The van der Waals surface area contributed by atoms with Crippen molar-refractivity contribution >= 4 is 34.3 Å². The topological polar surface area (TPSA) is 21.3 Å². The molecule has 2 nitrogen and oxygen atoms in total. The fraction of sp³-hybridized carbons (Fsp3) is 0.176. The molecule has 1 aliphatic rings. The number of hydrogen-bond acceptors (Lipinski definition) is 3. The minimum Gasteiger partial charge on any atom is -0.456 e. The molecule has 0 fully saturated rings. The summed E-state index contributed by atoms with van der Waals surface area (Å²) in [6, 6.07) is 13.9. The molecule has 1 heterocycles. The normalized spacial score (nSPS) is 12.8. The predicted molar refractivity (Wildman–Crippen MR) is 92.2 cm³/mol. The van der Waals surface area contributed by atoms with E-state index in [9.17, 15) is 0 Å². The Labute approximate surface area is 134 Å². The predicted octanol–water partition coefficient (Wildman–Crippen LogP) is 4.90. The molecule has 0 saturated carbocycles. The molecule has 108 valence electrons. The molecule has 1 N–H and O–H groups in total. The van der Waals surface area contributed by atoms with Gasteiger partial charge in [0, 0.05) is 33.4 Å². The van der Waals surface area contributed by atoms with Crippen molar-refractivity contribution in [2.75, 3.05) is 19.3 Å². The van der Waals surface area contributed by atoms with Crippen LogP contribution >= 0.6 is 23.4 Å². The molecule has 0 aromatic heterocycles. The molecule has 1 aliphatic heterocycles. The molecule has 3 rings (SSSR count). The second-order valence-electron chi connectivity index (χ2n) is 4.74. The first-order valence-electron chi connectivity index (χ1n) is 6.84. The fourth-order valence-corrected chi connectivity index (χ4v) is 3.42. The fourth-order valence-electron chi connectivity index (χ4n) is 2.20. The van der Waals surface area contributed by atoms with Crippen LogP contribution in [0.2, 0.25) is 5.02 Å².